The van der Waals surface area contributed by atoms with Crippen LogP contribution in [0.25, 0.3) is 10.6 Å². The van der Waals surface area contributed by atoms with Gasteiger partial charge in [-0.25, -0.2) is 9.78 Å². The van der Waals surface area contributed by atoms with Crippen molar-refractivity contribution < 1.29 is 14.3 Å². The summed E-state index contributed by atoms with van der Waals surface area (Å²) < 4.78 is 4.95. The molecule has 0 unspecified atom stereocenters. The molecule has 1 N–H and O–H groups in total. The smallest absolute Gasteiger partial charge is 0.331 e. The van der Waals surface area contributed by atoms with Crippen LogP contribution in [0.2, 0.25) is 0 Å². The van der Waals surface area contributed by atoms with Gasteiger partial charge in [0.2, 0.25) is 0 Å². The summed E-state index contributed by atoms with van der Waals surface area (Å²) in [7, 11) is 1.37. The molecule has 2 aromatic rings. The second kappa shape index (κ2) is 7.35. The molecule has 6 heteroatoms. The first-order valence-corrected chi connectivity index (χ1v) is 9.35. The second-order valence-electron chi connectivity index (χ2n) is 6.46. The lowest BCUT2D eigenvalue weighted by atomic mass is 9.81. The highest BCUT2D eigenvalue weighted by atomic mass is 32.1. The van der Waals surface area contributed by atoms with E-state index >= 15 is 0 Å². The minimum Gasteiger partial charge on any atom is -0.467 e. The predicted molar refractivity (Wildman–Crippen MR) is 97.6 cm³/mol. The summed E-state index contributed by atoms with van der Waals surface area (Å²) in [4.78, 5) is 29.4. The van der Waals surface area contributed by atoms with E-state index in [1.807, 2.05) is 24.4 Å². The minimum atomic E-state index is -0.894. The Morgan fingerprint density at radius 3 is 2.40 bits per heavy atom. The van der Waals surface area contributed by atoms with Crippen molar-refractivity contribution in [1.29, 1.82) is 0 Å². The molecule has 1 aromatic heterocycles. The lowest BCUT2D eigenvalue weighted by Crippen LogP contribution is -2.56. The lowest BCUT2D eigenvalue weighted by molar-refractivity contribution is -0.149. The zero-order chi connectivity index (χ0) is 17.9. The van der Waals surface area contributed by atoms with Crippen molar-refractivity contribution >= 4 is 23.2 Å². The third-order valence-electron chi connectivity index (χ3n) is 4.65. The monoisotopic (exact) mass is 358 g/mol. The molecular weight excluding hydrogens is 336 g/mol. The zero-order valence-electron chi connectivity index (χ0n) is 14.5. The Labute approximate surface area is 151 Å². The first kappa shape index (κ1) is 17.6. The van der Waals surface area contributed by atoms with Gasteiger partial charge in [-0.05, 0) is 31.9 Å². The number of methoxy groups -OCH3 is 1. The highest BCUT2D eigenvalue weighted by molar-refractivity contribution is 7.13. The van der Waals surface area contributed by atoms with Crippen LogP contribution in [-0.2, 0) is 9.53 Å². The Morgan fingerprint density at radius 2 is 1.84 bits per heavy atom. The molecule has 3 rings (SSSR count). The van der Waals surface area contributed by atoms with Crippen LogP contribution < -0.4 is 5.32 Å². The Kier molecular flexibility index (Phi) is 5.18. The third kappa shape index (κ3) is 3.74. The summed E-state index contributed by atoms with van der Waals surface area (Å²) in [5.41, 5.74) is 1.61. The first-order chi connectivity index (χ1) is 12.0. The van der Waals surface area contributed by atoms with Crippen LogP contribution in [0.1, 0.15) is 48.2 Å². The van der Waals surface area contributed by atoms with E-state index in [9.17, 15) is 9.59 Å². The summed E-state index contributed by atoms with van der Waals surface area (Å²) in [5, 5.41) is 5.87. The van der Waals surface area contributed by atoms with E-state index < -0.39 is 5.54 Å². The van der Waals surface area contributed by atoms with E-state index in [0.717, 1.165) is 35.5 Å². The van der Waals surface area contributed by atoms with Gasteiger partial charge >= 0.3 is 5.97 Å². The third-order valence-corrected chi connectivity index (χ3v) is 5.66. The van der Waals surface area contributed by atoms with Crippen LogP contribution in [0.15, 0.2) is 29.6 Å². The Morgan fingerprint density at radius 1 is 1.16 bits per heavy atom. The van der Waals surface area contributed by atoms with Crippen molar-refractivity contribution in [1.82, 2.24) is 10.3 Å². The van der Waals surface area contributed by atoms with Gasteiger partial charge < -0.3 is 10.1 Å². The fourth-order valence-electron chi connectivity index (χ4n) is 3.27. The maximum Gasteiger partial charge on any atom is 0.331 e. The van der Waals surface area contributed by atoms with E-state index in [-0.39, 0.29) is 11.9 Å². The molecule has 1 aliphatic carbocycles. The quantitative estimate of drug-likeness (QED) is 0.846. The molecular formula is C19H22N2O3S. The van der Waals surface area contributed by atoms with Crippen LogP contribution in [0.3, 0.4) is 0 Å². The average molecular weight is 358 g/mol. The van der Waals surface area contributed by atoms with Crippen molar-refractivity contribution in [3.63, 3.8) is 0 Å². The Bertz CT molecular complexity index is 761. The zero-order valence-corrected chi connectivity index (χ0v) is 15.3. The lowest BCUT2D eigenvalue weighted by Gasteiger charge is -2.35. The molecule has 1 fully saturated rings. The fraction of sp³-hybridized carbons (Fsp3) is 0.421. The Balaban J connectivity index is 1.76. The SMILES string of the molecule is COC(=O)C1(NC(=O)c2ccc(-c3nc(C)cs3)cc2)CCCCC1. The number of nitrogens with one attached hydrogen (secondary N) is 1. The van der Waals surface area contributed by atoms with Crippen LogP contribution in [0, 0.1) is 6.92 Å². The normalized spacial score (nSPS) is 16.2. The number of carbonyl (C=O) groups excluding carboxylic acids is 2. The van der Waals surface area contributed by atoms with Gasteiger partial charge in [-0.2, -0.15) is 0 Å². The molecule has 132 valence electrons. The number of nitrogens with zero attached hydrogens (tertiary/aromatic N) is 1. The number of ether oxygens (including phenoxy) is 1. The highest BCUT2D eigenvalue weighted by Crippen LogP contribution is 2.30. The molecule has 0 spiro atoms. The predicted octanol–water partition coefficient (Wildman–Crippen LogP) is 3.72. The van der Waals surface area contributed by atoms with Gasteiger partial charge in [-0.15, -0.1) is 11.3 Å². The number of aromatic nitrogens is 1. The standard InChI is InChI=1S/C19H22N2O3S/c1-13-12-25-17(20-13)15-8-6-14(7-9-15)16(22)21-19(18(23)24-2)10-4-3-5-11-19/h6-9,12H,3-5,10-11H2,1-2H3,(H,21,22). The number of rotatable bonds is 4. The number of carbonyl (C=O) groups is 2. The number of hydrogen-bond acceptors (Lipinski definition) is 5. The first-order valence-electron chi connectivity index (χ1n) is 8.47. The molecule has 0 atom stereocenters. The second-order valence-corrected chi connectivity index (χ2v) is 7.32. The van der Waals surface area contributed by atoms with Crippen molar-refractivity contribution in [2.45, 2.75) is 44.6 Å². The molecule has 1 aromatic carbocycles. The number of hydrogen-bond donors (Lipinski definition) is 1. The van der Waals surface area contributed by atoms with Crippen LogP contribution in [0.5, 0.6) is 0 Å². The van der Waals surface area contributed by atoms with E-state index in [2.05, 4.69) is 10.3 Å². The number of thiazole rings is 1. The topological polar surface area (TPSA) is 68.3 Å². The largest absolute Gasteiger partial charge is 0.467 e. The average Bonchev–Trinajstić information content (AvgIpc) is 3.08. The van der Waals surface area contributed by atoms with Gasteiger partial charge in [-0.1, -0.05) is 31.4 Å². The number of benzene rings is 1. The van der Waals surface area contributed by atoms with Crippen molar-refractivity contribution in [3.05, 3.63) is 40.9 Å². The van der Waals surface area contributed by atoms with Gasteiger partial charge in [-0.3, -0.25) is 4.79 Å². The van der Waals surface area contributed by atoms with Crippen LogP contribution in [-0.4, -0.2) is 29.5 Å². The van der Waals surface area contributed by atoms with Crippen LogP contribution >= 0.6 is 11.3 Å². The van der Waals surface area contributed by atoms with E-state index in [1.54, 1.807) is 23.5 Å². The van der Waals surface area contributed by atoms with Crippen molar-refractivity contribution in [2.24, 2.45) is 0 Å². The van der Waals surface area contributed by atoms with Crippen LogP contribution in [0.4, 0.5) is 0 Å². The number of amides is 1. The van der Waals surface area contributed by atoms with Gasteiger partial charge in [0, 0.05) is 22.2 Å². The van der Waals surface area contributed by atoms with Crippen molar-refractivity contribution in [3.8, 4) is 10.6 Å². The van der Waals surface area contributed by atoms with Gasteiger partial charge in [0.15, 0.2) is 0 Å². The maximum absolute atomic E-state index is 12.7. The summed E-state index contributed by atoms with van der Waals surface area (Å²) in [5.74, 6) is -0.593. The Hall–Kier alpha value is -2.21. The number of aryl methyl sites for hydroxylation is 1. The molecule has 0 radical (unpaired) electrons. The minimum absolute atomic E-state index is 0.242. The fourth-order valence-corrected chi connectivity index (χ4v) is 4.07. The van der Waals surface area contributed by atoms with Crippen molar-refractivity contribution in [2.75, 3.05) is 7.11 Å². The van der Waals surface area contributed by atoms with Gasteiger partial charge in [0.25, 0.3) is 5.91 Å². The molecule has 0 bridgehead atoms. The summed E-state index contributed by atoms with van der Waals surface area (Å²) in [6, 6.07) is 7.32. The number of esters is 1. The molecule has 25 heavy (non-hydrogen) atoms. The molecule has 0 aliphatic heterocycles. The summed E-state index contributed by atoms with van der Waals surface area (Å²) in [6.45, 7) is 1.96. The summed E-state index contributed by atoms with van der Waals surface area (Å²) >= 11 is 1.58. The maximum atomic E-state index is 12.7. The van der Waals surface area contributed by atoms with E-state index in [0.29, 0.717) is 18.4 Å². The van der Waals surface area contributed by atoms with E-state index in [4.69, 9.17) is 4.74 Å². The van der Waals surface area contributed by atoms with Gasteiger partial charge in [0.1, 0.15) is 10.5 Å². The molecule has 0 saturated heterocycles. The molecule has 5 nitrogen and oxygen atoms in total. The molecule has 1 amide bonds. The molecule has 1 aliphatic rings. The molecule has 1 saturated carbocycles. The highest BCUT2D eigenvalue weighted by Gasteiger charge is 2.42. The van der Waals surface area contributed by atoms with E-state index in [1.165, 1.54) is 7.11 Å². The molecule has 1 heterocycles. The summed E-state index contributed by atoms with van der Waals surface area (Å²) in [6.07, 6.45) is 4.16. The van der Waals surface area contributed by atoms with Gasteiger partial charge in [0.05, 0.1) is 7.11 Å².